The van der Waals surface area contributed by atoms with Crippen LogP contribution >= 0.6 is 15.9 Å². The Bertz CT molecular complexity index is 266. The van der Waals surface area contributed by atoms with E-state index in [2.05, 4.69) is 67.0 Å². The van der Waals surface area contributed by atoms with E-state index >= 15 is 0 Å². The smallest absolute Gasteiger partial charge is 0.0237 e. The maximum absolute atomic E-state index is 3.85. The Morgan fingerprint density at radius 3 is 2.20 bits per heavy atom. The van der Waals surface area contributed by atoms with Crippen LogP contribution < -0.4 is 0 Å². The van der Waals surface area contributed by atoms with Crippen LogP contribution in [0.15, 0.2) is 30.3 Å². The second-order valence-corrected chi connectivity index (χ2v) is 5.55. The number of rotatable bonds is 5. The highest BCUT2D eigenvalue weighted by molar-refractivity contribution is 9.09. The van der Waals surface area contributed by atoms with Crippen molar-refractivity contribution in [3.05, 3.63) is 35.9 Å². The normalized spacial score (nSPS) is 15.3. The van der Waals surface area contributed by atoms with Gasteiger partial charge in [0.25, 0.3) is 0 Å². The summed E-state index contributed by atoms with van der Waals surface area (Å²) in [6, 6.07) is 10.9. The number of benzene rings is 1. The van der Waals surface area contributed by atoms with E-state index in [1.807, 2.05) is 0 Å². The third-order valence-corrected chi connectivity index (χ3v) is 4.54. The molecule has 0 aromatic heterocycles. The molecule has 0 heterocycles. The van der Waals surface area contributed by atoms with Crippen LogP contribution in [0.5, 0.6) is 0 Å². The van der Waals surface area contributed by atoms with Gasteiger partial charge < -0.3 is 0 Å². The molecule has 0 radical (unpaired) electrons. The van der Waals surface area contributed by atoms with Gasteiger partial charge in [0, 0.05) is 4.83 Å². The summed E-state index contributed by atoms with van der Waals surface area (Å²) in [7, 11) is 0. The van der Waals surface area contributed by atoms with E-state index < -0.39 is 0 Å². The molecular formula is C14H21Br. The first-order valence-electron chi connectivity index (χ1n) is 5.85. The molecule has 0 amide bonds. The van der Waals surface area contributed by atoms with Crippen molar-refractivity contribution in [3.8, 4) is 0 Å². The quantitative estimate of drug-likeness (QED) is 0.660. The van der Waals surface area contributed by atoms with E-state index in [1.54, 1.807) is 0 Å². The lowest BCUT2D eigenvalue weighted by Gasteiger charge is -2.25. The second kappa shape index (κ2) is 6.32. The Labute approximate surface area is 102 Å². The molecule has 1 aromatic carbocycles. The van der Waals surface area contributed by atoms with Crippen LogP contribution in [0.3, 0.4) is 0 Å². The first kappa shape index (κ1) is 12.8. The van der Waals surface area contributed by atoms with Crippen molar-refractivity contribution < 1.29 is 0 Å². The molecule has 2 unspecified atom stereocenters. The molecule has 0 aliphatic rings. The SMILES string of the molecule is CCCC(c1ccccc1)C(Br)C(C)C. The predicted molar refractivity (Wildman–Crippen MR) is 71.6 cm³/mol. The van der Waals surface area contributed by atoms with Gasteiger partial charge in [0.05, 0.1) is 0 Å². The van der Waals surface area contributed by atoms with Gasteiger partial charge in [0.15, 0.2) is 0 Å². The third kappa shape index (κ3) is 3.64. The molecule has 0 N–H and O–H groups in total. The third-order valence-electron chi connectivity index (χ3n) is 2.85. The van der Waals surface area contributed by atoms with Crippen LogP contribution in [0.4, 0.5) is 0 Å². The zero-order chi connectivity index (χ0) is 11.3. The van der Waals surface area contributed by atoms with Crippen LogP contribution in [0.1, 0.15) is 45.1 Å². The molecule has 0 aliphatic heterocycles. The average Bonchev–Trinajstić information content (AvgIpc) is 2.26. The summed E-state index contributed by atoms with van der Waals surface area (Å²) in [5.74, 6) is 1.33. The van der Waals surface area contributed by atoms with Gasteiger partial charge in [-0.15, -0.1) is 0 Å². The number of halogens is 1. The van der Waals surface area contributed by atoms with Crippen molar-refractivity contribution in [2.45, 2.75) is 44.4 Å². The van der Waals surface area contributed by atoms with Crippen LogP contribution in [0.25, 0.3) is 0 Å². The molecule has 0 spiro atoms. The second-order valence-electron chi connectivity index (χ2n) is 4.49. The van der Waals surface area contributed by atoms with Crippen LogP contribution in [-0.2, 0) is 0 Å². The van der Waals surface area contributed by atoms with Crippen LogP contribution in [-0.4, -0.2) is 4.83 Å². The predicted octanol–water partition coefficient (Wildman–Crippen LogP) is 4.99. The van der Waals surface area contributed by atoms with E-state index in [9.17, 15) is 0 Å². The van der Waals surface area contributed by atoms with Crippen LogP contribution in [0, 0.1) is 5.92 Å². The van der Waals surface area contributed by atoms with Crippen molar-refractivity contribution >= 4 is 15.9 Å². The Balaban J connectivity index is 2.83. The van der Waals surface area contributed by atoms with Crippen molar-refractivity contribution in [3.63, 3.8) is 0 Å². The highest BCUT2D eigenvalue weighted by Crippen LogP contribution is 2.33. The highest BCUT2D eigenvalue weighted by atomic mass is 79.9. The van der Waals surface area contributed by atoms with Crippen LogP contribution in [0.2, 0.25) is 0 Å². The number of hydrogen-bond acceptors (Lipinski definition) is 0. The zero-order valence-corrected chi connectivity index (χ0v) is 11.5. The fourth-order valence-corrected chi connectivity index (χ4v) is 2.56. The lowest BCUT2D eigenvalue weighted by atomic mass is 9.87. The summed E-state index contributed by atoms with van der Waals surface area (Å²) < 4.78 is 0. The zero-order valence-electron chi connectivity index (χ0n) is 9.91. The monoisotopic (exact) mass is 268 g/mol. The first-order valence-corrected chi connectivity index (χ1v) is 6.77. The standard InChI is InChI=1S/C14H21Br/c1-4-8-13(14(15)11(2)3)12-9-6-5-7-10-12/h5-7,9-11,13-14H,4,8H2,1-3H3. The molecular weight excluding hydrogens is 248 g/mol. The van der Waals surface area contributed by atoms with Gasteiger partial charge >= 0.3 is 0 Å². The molecule has 0 aliphatic carbocycles. The maximum atomic E-state index is 3.85. The van der Waals surface area contributed by atoms with E-state index in [0.29, 0.717) is 16.7 Å². The average molecular weight is 269 g/mol. The minimum atomic E-state index is 0.583. The van der Waals surface area contributed by atoms with Crippen molar-refractivity contribution in [2.24, 2.45) is 5.92 Å². The first-order chi connectivity index (χ1) is 7.16. The lowest BCUT2D eigenvalue weighted by molar-refractivity contribution is 0.495. The lowest BCUT2D eigenvalue weighted by Crippen LogP contribution is -2.18. The van der Waals surface area contributed by atoms with E-state index in [1.165, 1.54) is 18.4 Å². The van der Waals surface area contributed by atoms with Crippen molar-refractivity contribution in [1.29, 1.82) is 0 Å². The number of alkyl halides is 1. The molecule has 0 saturated heterocycles. The molecule has 0 saturated carbocycles. The molecule has 1 heteroatoms. The summed E-state index contributed by atoms with van der Waals surface area (Å²) >= 11 is 3.85. The molecule has 1 aromatic rings. The van der Waals surface area contributed by atoms with Crippen molar-refractivity contribution in [2.75, 3.05) is 0 Å². The van der Waals surface area contributed by atoms with E-state index in [4.69, 9.17) is 0 Å². The van der Waals surface area contributed by atoms with Gasteiger partial charge in [-0.1, -0.05) is 73.5 Å². The van der Waals surface area contributed by atoms with Gasteiger partial charge in [-0.25, -0.2) is 0 Å². The highest BCUT2D eigenvalue weighted by Gasteiger charge is 2.22. The molecule has 0 nitrogen and oxygen atoms in total. The summed E-state index contributed by atoms with van der Waals surface area (Å²) in [4.78, 5) is 0.583. The summed E-state index contributed by atoms with van der Waals surface area (Å²) in [5.41, 5.74) is 1.47. The van der Waals surface area contributed by atoms with Gasteiger partial charge in [-0.2, -0.15) is 0 Å². The molecule has 2 atom stereocenters. The van der Waals surface area contributed by atoms with Gasteiger partial charge in [0.1, 0.15) is 0 Å². The summed E-state index contributed by atoms with van der Waals surface area (Å²) in [6.45, 7) is 6.83. The van der Waals surface area contributed by atoms with E-state index in [0.717, 1.165) is 0 Å². The fourth-order valence-electron chi connectivity index (χ4n) is 1.99. The minimum absolute atomic E-state index is 0.583. The van der Waals surface area contributed by atoms with Crippen molar-refractivity contribution in [1.82, 2.24) is 0 Å². The van der Waals surface area contributed by atoms with Gasteiger partial charge in [0.2, 0.25) is 0 Å². The fraction of sp³-hybridized carbons (Fsp3) is 0.571. The molecule has 0 fully saturated rings. The van der Waals surface area contributed by atoms with Gasteiger partial charge in [-0.05, 0) is 23.8 Å². The molecule has 84 valence electrons. The van der Waals surface area contributed by atoms with E-state index in [-0.39, 0.29) is 0 Å². The van der Waals surface area contributed by atoms with Gasteiger partial charge in [-0.3, -0.25) is 0 Å². The Morgan fingerprint density at radius 2 is 1.73 bits per heavy atom. The number of hydrogen-bond donors (Lipinski definition) is 0. The molecule has 15 heavy (non-hydrogen) atoms. The Kier molecular flexibility index (Phi) is 5.38. The maximum Gasteiger partial charge on any atom is 0.0237 e. The Hall–Kier alpha value is -0.300. The Morgan fingerprint density at radius 1 is 1.13 bits per heavy atom. The summed E-state index contributed by atoms with van der Waals surface area (Å²) in [6.07, 6.45) is 2.51. The molecule has 1 rings (SSSR count). The topological polar surface area (TPSA) is 0 Å². The minimum Gasteiger partial charge on any atom is -0.0881 e. The summed E-state index contributed by atoms with van der Waals surface area (Å²) in [5, 5.41) is 0. The molecule has 0 bridgehead atoms. The largest absolute Gasteiger partial charge is 0.0881 e.